The van der Waals surface area contributed by atoms with Crippen LogP contribution in [0.15, 0.2) is 9.27 Å². The van der Waals surface area contributed by atoms with E-state index in [1.165, 1.54) is 0 Å². The average Bonchev–Trinajstić information content (AvgIpc) is 3.05. The molecule has 0 radical (unpaired) electrons. The van der Waals surface area contributed by atoms with Crippen molar-refractivity contribution in [2.45, 2.75) is 25.7 Å². The molecule has 0 unspecified atom stereocenters. The number of hydrogen-bond acceptors (Lipinski definition) is 4. The Kier molecular flexibility index (Phi) is 3.09. The summed E-state index contributed by atoms with van der Waals surface area (Å²) in [7, 11) is 0. The summed E-state index contributed by atoms with van der Waals surface area (Å²) < 4.78 is 4.97. The van der Waals surface area contributed by atoms with Gasteiger partial charge < -0.3 is 9.72 Å². The van der Waals surface area contributed by atoms with Crippen LogP contribution in [0.4, 0.5) is 0 Å². The topological polar surface area (TPSA) is 72.0 Å². The number of hydrogen-bond donors (Lipinski definition) is 1. The minimum absolute atomic E-state index is 0.0625. The number of rotatable bonds is 3. The molecule has 0 aliphatic heterocycles. The molecule has 1 aromatic rings. The summed E-state index contributed by atoms with van der Waals surface area (Å²) >= 11 is 3.05. The first-order valence-electron chi connectivity index (χ1n) is 5.10. The van der Waals surface area contributed by atoms with Crippen LogP contribution < -0.4 is 5.56 Å². The molecule has 1 fully saturated rings. The molecular weight excluding hydrogens is 276 g/mol. The zero-order chi connectivity index (χ0) is 11.7. The lowest BCUT2D eigenvalue weighted by Gasteiger charge is -2.05. The Bertz CT molecular complexity index is 479. The smallest absolute Gasteiger partial charge is 0.358 e. The number of halogens is 1. The number of carbonyl (C=O) groups is 1. The molecule has 0 spiro atoms. The Morgan fingerprint density at radius 1 is 1.62 bits per heavy atom. The maximum Gasteiger partial charge on any atom is 0.358 e. The van der Waals surface area contributed by atoms with E-state index in [0.29, 0.717) is 5.82 Å². The minimum Gasteiger partial charge on any atom is -0.461 e. The minimum atomic E-state index is -0.567. The number of H-pyrrole nitrogens is 1. The quantitative estimate of drug-likeness (QED) is 0.857. The van der Waals surface area contributed by atoms with Crippen LogP contribution in [0.25, 0.3) is 0 Å². The molecule has 5 nitrogen and oxygen atoms in total. The van der Waals surface area contributed by atoms with Crippen molar-refractivity contribution in [3.05, 3.63) is 26.3 Å². The highest BCUT2D eigenvalue weighted by Gasteiger charge is 2.28. The molecule has 0 saturated heterocycles. The summed E-state index contributed by atoms with van der Waals surface area (Å²) in [6.07, 6.45) is 2.01. The lowest BCUT2D eigenvalue weighted by Crippen LogP contribution is -2.19. The molecule has 16 heavy (non-hydrogen) atoms. The number of nitrogens with zero attached hydrogens (tertiary/aromatic N) is 1. The van der Waals surface area contributed by atoms with Crippen LogP contribution in [0.1, 0.15) is 42.0 Å². The van der Waals surface area contributed by atoms with Gasteiger partial charge in [0.15, 0.2) is 5.69 Å². The zero-order valence-corrected chi connectivity index (χ0v) is 10.3. The highest BCUT2D eigenvalue weighted by atomic mass is 79.9. The first kappa shape index (κ1) is 11.3. The van der Waals surface area contributed by atoms with Gasteiger partial charge in [-0.05, 0) is 35.7 Å². The van der Waals surface area contributed by atoms with E-state index < -0.39 is 5.97 Å². The third kappa shape index (κ3) is 2.16. The lowest BCUT2D eigenvalue weighted by atomic mass is 10.3. The van der Waals surface area contributed by atoms with E-state index >= 15 is 0 Å². The van der Waals surface area contributed by atoms with Gasteiger partial charge in [-0.1, -0.05) is 0 Å². The van der Waals surface area contributed by atoms with Gasteiger partial charge in [0.05, 0.1) is 6.61 Å². The molecule has 1 heterocycles. The molecule has 2 rings (SSSR count). The van der Waals surface area contributed by atoms with Gasteiger partial charge in [-0.25, -0.2) is 9.78 Å². The fourth-order valence-corrected chi connectivity index (χ4v) is 1.71. The lowest BCUT2D eigenvalue weighted by molar-refractivity contribution is 0.0517. The molecule has 0 bridgehead atoms. The maximum atomic E-state index is 11.6. The zero-order valence-electron chi connectivity index (χ0n) is 8.75. The summed E-state index contributed by atoms with van der Waals surface area (Å²) in [5.41, 5.74) is -0.271. The van der Waals surface area contributed by atoms with E-state index in [2.05, 4.69) is 25.9 Å². The summed E-state index contributed by atoms with van der Waals surface area (Å²) in [6.45, 7) is 1.97. The van der Waals surface area contributed by atoms with Crippen molar-refractivity contribution in [3.63, 3.8) is 0 Å². The van der Waals surface area contributed by atoms with Crippen LogP contribution in [0.2, 0.25) is 0 Å². The molecule has 86 valence electrons. The fourth-order valence-electron chi connectivity index (χ4n) is 1.36. The SMILES string of the molecule is CCOC(=O)c1nc(C2CC2)[nH]c(=O)c1Br. The van der Waals surface area contributed by atoms with Gasteiger partial charge in [-0.15, -0.1) is 0 Å². The Hall–Kier alpha value is -1.17. The summed E-state index contributed by atoms with van der Waals surface area (Å²) in [5, 5.41) is 0. The Balaban J connectivity index is 2.42. The van der Waals surface area contributed by atoms with Crippen molar-refractivity contribution in [3.8, 4) is 0 Å². The maximum absolute atomic E-state index is 11.6. The van der Waals surface area contributed by atoms with Gasteiger partial charge in [-0.3, -0.25) is 4.79 Å². The molecule has 1 aromatic heterocycles. The number of carbonyl (C=O) groups excluding carboxylic acids is 1. The van der Waals surface area contributed by atoms with Crippen molar-refractivity contribution in [1.29, 1.82) is 0 Å². The van der Waals surface area contributed by atoms with Crippen LogP contribution in [0.3, 0.4) is 0 Å². The number of aromatic amines is 1. The van der Waals surface area contributed by atoms with Gasteiger partial charge in [0.1, 0.15) is 10.3 Å². The summed E-state index contributed by atoms with van der Waals surface area (Å²) in [6, 6.07) is 0. The Labute approximate surface area is 100 Å². The van der Waals surface area contributed by atoms with Crippen LogP contribution in [-0.2, 0) is 4.74 Å². The van der Waals surface area contributed by atoms with Gasteiger partial charge >= 0.3 is 5.97 Å². The van der Waals surface area contributed by atoms with Crippen molar-refractivity contribution in [2.24, 2.45) is 0 Å². The molecule has 6 heteroatoms. The molecule has 1 aliphatic rings. The first-order valence-corrected chi connectivity index (χ1v) is 5.89. The third-order valence-corrected chi connectivity index (χ3v) is 3.05. The van der Waals surface area contributed by atoms with Crippen molar-refractivity contribution in [1.82, 2.24) is 9.97 Å². The largest absolute Gasteiger partial charge is 0.461 e. The fraction of sp³-hybridized carbons (Fsp3) is 0.500. The van der Waals surface area contributed by atoms with Gasteiger partial charge in [-0.2, -0.15) is 0 Å². The first-order chi connectivity index (χ1) is 7.63. The highest BCUT2D eigenvalue weighted by Crippen LogP contribution is 2.37. The van der Waals surface area contributed by atoms with Crippen LogP contribution >= 0.6 is 15.9 Å². The predicted molar refractivity (Wildman–Crippen MR) is 60.5 cm³/mol. The molecule has 0 aromatic carbocycles. The Morgan fingerprint density at radius 2 is 2.31 bits per heavy atom. The molecule has 1 N–H and O–H groups in total. The number of ether oxygens (including phenoxy) is 1. The molecule has 0 amide bonds. The number of nitrogens with one attached hydrogen (secondary N) is 1. The van der Waals surface area contributed by atoms with Crippen LogP contribution in [-0.4, -0.2) is 22.5 Å². The van der Waals surface area contributed by atoms with Gasteiger partial charge in [0, 0.05) is 5.92 Å². The Morgan fingerprint density at radius 3 is 2.88 bits per heavy atom. The standard InChI is InChI=1S/C10H11BrN2O3/c1-2-16-10(15)7-6(11)9(14)13-8(12-7)5-3-4-5/h5H,2-4H2,1H3,(H,12,13,14). The third-order valence-electron chi connectivity index (χ3n) is 2.31. The molecule has 1 aliphatic carbocycles. The van der Waals surface area contributed by atoms with Gasteiger partial charge in [0.2, 0.25) is 0 Å². The van der Waals surface area contributed by atoms with E-state index in [4.69, 9.17) is 4.74 Å². The van der Waals surface area contributed by atoms with Crippen molar-refractivity contribution >= 4 is 21.9 Å². The summed E-state index contributed by atoms with van der Waals surface area (Å²) in [5.74, 6) is 0.299. The van der Waals surface area contributed by atoms with Crippen molar-refractivity contribution in [2.75, 3.05) is 6.61 Å². The summed E-state index contributed by atoms with van der Waals surface area (Å²) in [4.78, 5) is 29.9. The number of esters is 1. The van der Waals surface area contributed by atoms with E-state index in [1.54, 1.807) is 6.92 Å². The molecule has 0 atom stereocenters. The molecule has 1 saturated carbocycles. The van der Waals surface area contributed by atoms with E-state index in [1.807, 2.05) is 0 Å². The second-order valence-corrected chi connectivity index (χ2v) is 4.40. The second-order valence-electron chi connectivity index (χ2n) is 3.61. The van der Waals surface area contributed by atoms with E-state index in [-0.39, 0.29) is 28.3 Å². The van der Waals surface area contributed by atoms with E-state index in [9.17, 15) is 9.59 Å². The highest BCUT2D eigenvalue weighted by molar-refractivity contribution is 9.10. The monoisotopic (exact) mass is 286 g/mol. The van der Waals surface area contributed by atoms with Crippen molar-refractivity contribution < 1.29 is 9.53 Å². The molecular formula is C10H11BrN2O3. The van der Waals surface area contributed by atoms with E-state index in [0.717, 1.165) is 12.8 Å². The van der Waals surface area contributed by atoms with Crippen LogP contribution in [0.5, 0.6) is 0 Å². The second kappa shape index (κ2) is 4.37. The average molecular weight is 287 g/mol. The van der Waals surface area contributed by atoms with Gasteiger partial charge in [0.25, 0.3) is 5.56 Å². The predicted octanol–water partition coefficient (Wildman–Crippen LogP) is 1.59. The normalized spacial score (nSPS) is 14.9. The van der Waals surface area contributed by atoms with Crippen LogP contribution in [0, 0.1) is 0 Å². The number of aromatic nitrogens is 2.